The Morgan fingerprint density at radius 3 is 2.83 bits per heavy atom. The minimum atomic E-state index is 0.284. The molecule has 0 aliphatic carbocycles. The molecule has 0 aromatic carbocycles. The van der Waals surface area contributed by atoms with Crippen molar-refractivity contribution < 1.29 is 4.74 Å². The lowest BCUT2D eigenvalue weighted by molar-refractivity contribution is 0.0845. The van der Waals surface area contributed by atoms with Crippen molar-refractivity contribution in [2.75, 3.05) is 31.6 Å². The molecule has 0 spiro atoms. The van der Waals surface area contributed by atoms with Crippen LogP contribution in [0.5, 0.6) is 0 Å². The molecule has 102 valence electrons. The second-order valence-electron chi connectivity index (χ2n) is 4.61. The molecule has 1 aromatic rings. The smallest absolute Gasteiger partial charge is 0.128 e. The Hall–Kier alpha value is -1.13. The average Bonchev–Trinajstić information content (AvgIpc) is 2.36. The summed E-state index contributed by atoms with van der Waals surface area (Å²) in [6.45, 7) is 9.57. The van der Waals surface area contributed by atoms with Gasteiger partial charge in [0.2, 0.25) is 0 Å². The number of ether oxygens (including phenoxy) is 1. The summed E-state index contributed by atoms with van der Waals surface area (Å²) in [6.07, 6.45) is 0.284. The zero-order valence-corrected chi connectivity index (χ0v) is 11.9. The van der Waals surface area contributed by atoms with E-state index in [1.807, 2.05) is 19.2 Å². The molecule has 0 radical (unpaired) electrons. The Bertz CT molecular complexity index is 342. The van der Waals surface area contributed by atoms with Crippen molar-refractivity contribution in [3.05, 3.63) is 23.9 Å². The van der Waals surface area contributed by atoms with Crippen molar-refractivity contribution in [1.82, 2.24) is 10.3 Å². The first-order valence-corrected chi connectivity index (χ1v) is 6.63. The molecule has 0 unspecified atom stereocenters. The van der Waals surface area contributed by atoms with Crippen molar-refractivity contribution in [1.29, 1.82) is 0 Å². The fraction of sp³-hybridized carbons (Fsp3) is 0.643. The van der Waals surface area contributed by atoms with E-state index in [0.29, 0.717) is 0 Å². The first-order valence-electron chi connectivity index (χ1n) is 6.63. The van der Waals surface area contributed by atoms with E-state index in [4.69, 9.17) is 4.74 Å². The quantitative estimate of drug-likeness (QED) is 0.767. The summed E-state index contributed by atoms with van der Waals surface area (Å²) in [5, 5.41) is 3.28. The van der Waals surface area contributed by atoms with Gasteiger partial charge in [0.15, 0.2) is 0 Å². The van der Waals surface area contributed by atoms with Crippen molar-refractivity contribution in [3.8, 4) is 0 Å². The van der Waals surface area contributed by atoms with Gasteiger partial charge in [0, 0.05) is 20.1 Å². The van der Waals surface area contributed by atoms with Crippen LogP contribution in [0.15, 0.2) is 18.2 Å². The molecule has 1 rings (SSSR count). The SMILES string of the molecule is CCNCc1cccc(N(C)CCOC(C)C)n1. The monoisotopic (exact) mass is 251 g/mol. The van der Waals surface area contributed by atoms with Crippen LogP contribution in [-0.2, 0) is 11.3 Å². The first kappa shape index (κ1) is 14.9. The Kier molecular flexibility index (Phi) is 6.68. The van der Waals surface area contributed by atoms with Gasteiger partial charge in [-0.3, -0.25) is 0 Å². The Labute approximate surface area is 110 Å². The third-order valence-corrected chi connectivity index (χ3v) is 2.62. The summed E-state index contributed by atoms with van der Waals surface area (Å²) in [4.78, 5) is 6.74. The molecule has 0 aliphatic heterocycles. The lowest BCUT2D eigenvalue weighted by Crippen LogP contribution is -2.25. The Balaban J connectivity index is 2.48. The highest BCUT2D eigenvalue weighted by Gasteiger charge is 2.04. The van der Waals surface area contributed by atoms with Gasteiger partial charge in [0.1, 0.15) is 5.82 Å². The lowest BCUT2D eigenvalue weighted by Gasteiger charge is -2.19. The van der Waals surface area contributed by atoms with Gasteiger partial charge in [0.25, 0.3) is 0 Å². The summed E-state index contributed by atoms with van der Waals surface area (Å²) in [5.74, 6) is 0.998. The van der Waals surface area contributed by atoms with E-state index >= 15 is 0 Å². The highest BCUT2D eigenvalue weighted by atomic mass is 16.5. The molecule has 0 amide bonds. The van der Waals surface area contributed by atoms with E-state index in [9.17, 15) is 0 Å². The van der Waals surface area contributed by atoms with Gasteiger partial charge in [-0.15, -0.1) is 0 Å². The number of nitrogens with zero attached hydrogens (tertiary/aromatic N) is 2. The number of nitrogens with one attached hydrogen (secondary N) is 1. The third-order valence-electron chi connectivity index (χ3n) is 2.62. The van der Waals surface area contributed by atoms with Crippen LogP contribution < -0.4 is 10.2 Å². The minimum absolute atomic E-state index is 0.284. The van der Waals surface area contributed by atoms with E-state index in [0.717, 1.165) is 37.8 Å². The topological polar surface area (TPSA) is 37.4 Å². The fourth-order valence-corrected chi connectivity index (χ4v) is 1.57. The van der Waals surface area contributed by atoms with Crippen LogP contribution in [0.25, 0.3) is 0 Å². The second-order valence-corrected chi connectivity index (χ2v) is 4.61. The summed E-state index contributed by atoms with van der Waals surface area (Å²) < 4.78 is 5.55. The molecular weight excluding hydrogens is 226 g/mol. The number of anilines is 1. The van der Waals surface area contributed by atoms with Crippen LogP contribution >= 0.6 is 0 Å². The van der Waals surface area contributed by atoms with E-state index < -0.39 is 0 Å². The number of rotatable bonds is 8. The van der Waals surface area contributed by atoms with Gasteiger partial charge >= 0.3 is 0 Å². The maximum Gasteiger partial charge on any atom is 0.128 e. The van der Waals surface area contributed by atoms with E-state index in [1.54, 1.807) is 0 Å². The van der Waals surface area contributed by atoms with Gasteiger partial charge in [-0.1, -0.05) is 13.0 Å². The average molecular weight is 251 g/mol. The van der Waals surface area contributed by atoms with Crippen molar-refractivity contribution >= 4 is 5.82 Å². The molecule has 4 heteroatoms. The van der Waals surface area contributed by atoms with Crippen LogP contribution in [0.4, 0.5) is 5.82 Å². The molecule has 1 aromatic heterocycles. The van der Waals surface area contributed by atoms with Crippen LogP contribution in [0.2, 0.25) is 0 Å². The molecule has 1 heterocycles. The van der Waals surface area contributed by atoms with Crippen molar-refractivity contribution in [2.45, 2.75) is 33.4 Å². The van der Waals surface area contributed by atoms with E-state index in [2.05, 4.69) is 42.0 Å². The van der Waals surface area contributed by atoms with E-state index in [-0.39, 0.29) is 6.10 Å². The molecule has 18 heavy (non-hydrogen) atoms. The zero-order valence-electron chi connectivity index (χ0n) is 11.9. The van der Waals surface area contributed by atoms with Crippen LogP contribution in [0.1, 0.15) is 26.5 Å². The summed E-state index contributed by atoms with van der Waals surface area (Å²) in [7, 11) is 2.04. The zero-order chi connectivity index (χ0) is 13.4. The predicted molar refractivity (Wildman–Crippen MR) is 76.0 cm³/mol. The molecular formula is C14H25N3O. The second kappa shape index (κ2) is 8.06. The Morgan fingerprint density at radius 1 is 1.39 bits per heavy atom. The number of hydrogen-bond acceptors (Lipinski definition) is 4. The summed E-state index contributed by atoms with van der Waals surface area (Å²) in [6, 6.07) is 6.13. The highest BCUT2D eigenvalue weighted by Crippen LogP contribution is 2.09. The van der Waals surface area contributed by atoms with Gasteiger partial charge in [-0.05, 0) is 32.5 Å². The molecule has 0 saturated heterocycles. The number of hydrogen-bond donors (Lipinski definition) is 1. The molecule has 4 nitrogen and oxygen atoms in total. The van der Waals surface area contributed by atoms with Crippen molar-refractivity contribution in [3.63, 3.8) is 0 Å². The minimum Gasteiger partial charge on any atom is -0.377 e. The fourth-order valence-electron chi connectivity index (χ4n) is 1.57. The molecule has 0 aliphatic rings. The Morgan fingerprint density at radius 2 is 2.17 bits per heavy atom. The third kappa shape index (κ3) is 5.47. The standard InChI is InChI=1S/C14H25N3O/c1-5-15-11-13-7-6-8-14(16-13)17(4)9-10-18-12(2)3/h6-8,12,15H,5,9-11H2,1-4H3. The molecule has 0 fully saturated rings. The molecule has 1 N–H and O–H groups in total. The maximum absolute atomic E-state index is 5.55. The maximum atomic E-state index is 5.55. The largest absolute Gasteiger partial charge is 0.377 e. The van der Waals surface area contributed by atoms with Crippen LogP contribution in [-0.4, -0.2) is 37.8 Å². The number of likely N-dealkylation sites (N-methyl/N-ethyl adjacent to an activating group) is 1. The van der Waals surface area contributed by atoms with Crippen LogP contribution in [0.3, 0.4) is 0 Å². The van der Waals surface area contributed by atoms with E-state index in [1.165, 1.54) is 0 Å². The van der Waals surface area contributed by atoms with Gasteiger partial charge in [0.05, 0.1) is 18.4 Å². The summed E-state index contributed by atoms with van der Waals surface area (Å²) in [5.41, 5.74) is 1.07. The first-order chi connectivity index (χ1) is 8.63. The summed E-state index contributed by atoms with van der Waals surface area (Å²) >= 11 is 0. The lowest BCUT2D eigenvalue weighted by atomic mass is 10.3. The molecule has 0 bridgehead atoms. The van der Waals surface area contributed by atoms with Gasteiger partial charge < -0.3 is 15.0 Å². The van der Waals surface area contributed by atoms with Gasteiger partial charge in [-0.25, -0.2) is 4.98 Å². The highest BCUT2D eigenvalue weighted by molar-refractivity contribution is 5.38. The predicted octanol–water partition coefficient (Wildman–Crippen LogP) is 2.05. The van der Waals surface area contributed by atoms with Gasteiger partial charge in [-0.2, -0.15) is 0 Å². The van der Waals surface area contributed by atoms with Crippen LogP contribution in [0, 0.1) is 0 Å². The number of pyridine rings is 1. The van der Waals surface area contributed by atoms with Crippen molar-refractivity contribution in [2.24, 2.45) is 0 Å². The number of aromatic nitrogens is 1. The normalized spacial score (nSPS) is 10.9. The molecule has 0 saturated carbocycles. The molecule has 0 atom stereocenters.